The SMILES string of the molecule is Cc1ccc(S(=O)(=O)n2c(I)cc3c(Br)c(Cl)cnc32)cc1. The zero-order chi connectivity index (χ0) is 16.1. The van der Waals surface area contributed by atoms with Gasteiger partial charge in [0.25, 0.3) is 10.0 Å². The number of aromatic nitrogens is 2. The van der Waals surface area contributed by atoms with Crippen molar-refractivity contribution in [3.63, 3.8) is 0 Å². The van der Waals surface area contributed by atoms with Crippen LogP contribution in [0, 0.1) is 10.6 Å². The van der Waals surface area contributed by atoms with Gasteiger partial charge in [-0.05, 0) is 63.6 Å². The summed E-state index contributed by atoms with van der Waals surface area (Å²) >= 11 is 11.4. The van der Waals surface area contributed by atoms with E-state index < -0.39 is 10.0 Å². The Balaban J connectivity index is 2.32. The van der Waals surface area contributed by atoms with E-state index in [1.807, 2.05) is 29.5 Å². The highest BCUT2D eigenvalue weighted by molar-refractivity contribution is 14.1. The number of benzene rings is 1. The topological polar surface area (TPSA) is 52.0 Å². The molecule has 0 amide bonds. The van der Waals surface area contributed by atoms with Gasteiger partial charge >= 0.3 is 0 Å². The van der Waals surface area contributed by atoms with Gasteiger partial charge in [-0.3, -0.25) is 0 Å². The molecule has 2 aromatic heterocycles. The van der Waals surface area contributed by atoms with Crippen molar-refractivity contribution in [3.8, 4) is 0 Å². The molecule has 0 bridgehead atoms. The predicted molar refractivity (Wildman–Crippen MR) is 98.9 cm³/mol. The molecule has 0 fully saturated rings. The lowest BCUT2D eigenvalue weighted by Crippen LogP contribution is -2.15. The molecule has 114 valence electrons. The highest BCUT2D eigenvalue weighted by Crippen LogP contribution is 2.34. The minimum absolute atomic E-state index is 0.224. The fourth-order valence-corrected chi connectivity index (χ4v) is 5.29. The summed E-state index contributed by atoms with van der Waals surface area (Å²) in [5.74, 6) is 0. The maximum Gasteiger partial charge on any atom is 0.270 e. The Hall–Kier alpha value is -0.640. The van der Waals surface area contributed by atoms with Gasteiger partial charge in [-0.1, -0.05) is 29.3 Å². The minimum atomic E-state index is -3.72. The molecular weight excluding hydrogens is 502 g/mol. The van der Waals surface area contributed by atoms with Gasteiger partial charge in [-0.2, -0.15) is 0 Å². The van der Waals surface area contributed by atoms with Gasteiger partial charge in [0.2, 0.25) is 0 Å². The maximum absolute atomic E-state index is 12.9. The van der Waals surface area contributed by atoms with Crippen LogP contribution in [-0.2, 0) is 10.0 Å². The summed E-state index contributed by atoms with van der Waals surface area (Å²) in [6.45, 7) is 1.91. The molecule has 0 radical (unpaired) electrons. The van der Waals surface area contributed by atoms with Gasteiger partial charge < -0.3 is 0 Å². The first-order valence-corrected chi connectivity index (χ1v) is 9.84. The predicted octanol–water partition coefficient (Wildman–Crippen LogP) is 4.60. The largest absolute Gasteiger partial charge is 0.270 e. The zero-order valence-corrected chi connectivity index (χ0v) is 16.5. The first-order valence-electron chi connectivity index (χ1n) is 6.15. The summed E-state index contributed by atoms with van der Waals surface area (Å²) in [6, 6.07) is 8.47. The lowest BCUT2D eigenvalue weighted by atomic mass is 10.2. The van der Waals surface area contributed by atoms with Gasteiger partial charge in [-0.15, -0.1) is 0 Å². The Morgan fingerprint density at radius 2 is 1.91 bits per heavy atom. The Bertz CT molecular complexity index is 984. The molecule has 0 aliphatic carbocycles. The number of halogens is 3. The quantitative estimate of drug-likeness (QED) is 0.473. The van der Waals surface area contributed by atoms with Crippen LogP contribution >= 0.6 is 50.1 Å². The van der Waals surface area contributed by atoms with E-state index in [9.17, 15) is 8.42 Å². The number of hydrogen-bond donors (Lipinski definition) is 0. The first-order chi connectivity index (χ1) is 10.3. The van der Waals surface area contributed by atoms with Crippen LogP contribution in [0.2, 0.25) is 5.02 Å². The molecule has 0 aliphatic heterocycles. The average Bonchev–Trinajstić information content (AvgIpc) is 2.81. The molecule has 0 saturated heterocycles. The Morgan fingerprint density at radius 3 is 2.55 bits per heavy atom. The zero-order valence-electron chi connectivity index (χ0n) is 11.2. The summed E-state index contributed by atoms with van der Waals surface area (Å²) in [5, 5.41) is 1.10. The van der Waals surface area contributed by atoms with Gasteiger partial charge in [-0.25, -0.2) is 17.4 Å². The molecule has 8 heteroatoms. The van der Waals surface area contributed by atoms with E-state index in [0.717, 1.165) is 5.56 Å². The van der Waals surface area contributed by atoms with Crippen molar-refractivity contribution in [3.05, 3.63) is 55.3 Å². The van der Waals surface area contributed by atoms with E-state index in [2.05, 4.69) is 20.9 Å². The standard InChI is InChI=1S/C14H9BrClIN2O2S/c1-8-2-4-9(5-3-8)22(20,21)19-12(17)6-10-13(15)11(16)7-18-14(10)19/h2-7H,1H3. The molecule has 2 heterocycles. The number of aryl methyl sites for hydroxylation is 1. The van der Waals surface area contributed by atoms with Crippen molar-refractivity contribution in [1.82, 2.24) is 8.96 Å². The highest BCUT2D eigenvalue weighted by Gasteiger charge is 2.24. The van der Waals surface area contributed by atoms with E-state index in [1.54, 1.807) is 30.3 Å². The molecule has 3 aromatic rings. The number of fused-ring (bicyclic) bond motifs is 1. The van der Waals surface area contributed by atoms with Crippen molar-refractivity contribution in [1.29, 1.82) is 0 Å². The fourth-order valence-electron chi connectivity index (χ4n) is 2.08. The monoisotopic (exact) mass is 510 g/mol. The molecular formula is C14H9BrClIN2O2S. The fraction of sp³-hybridized carbons (Fsp3) is 0.0714. The first kappa shape index (κ1) is 16.2. The van der Waals surface area contributed by atoms with Gasteiger partial charge in [0, 0.05) is 16.1 Å². The second-order valence-corrected chi connectivity index (χ2v) is 8.80. The van der Waals surface area contributed by atoms with Crippen LogP contribution in [0.25, 0.3) is 11.0 Å². The maximum atomic E-state index is 12.9. The molecule has 0 N–H and O–H groups in total. The third-order valence-electron chi connectivity index (χ3n) is 3.20. The second kappa shape index (κ2) is 5.77. The normalized spacial score (nSPS) is 12.0. The van der Waals surface area contributed by atoms with Crippen molar-refractivity contribution < 1.29 is 8.42 Å². The Kier molecular flexibility index (Phi) is 4.26. The Labute approximate surface area is 154 Å². The van der Waals surface area contributed by atoms with Crippen LogP contribution in [0.4, 0.5) is 0 Å². The lowest BCUT2D eigenvalue weighted by Gasteiger charge is -2.09. The van der Waals surface area contributed by atoms with E-state index in [4.69, 9.17) is 11.6 Å². The minimum Gasteiger partial charge on any atom is -0.236 e. The van der Waals surface area contributed by atoms with Crippen molar-refractivity contribution in [2.75, 3.05) is 0 Å². The molecule has 0 aliphatic rings. The third-order valence-corrected chi connectivity index (χ3v) is 7.40. The average molecular weight is 512 g/mol. The van der Waals surface area contributed by atoms with Crippen LogP contribution in [-0.4, -0.2) is 17.4 Å². The number of pyridine rings is 1. The second-order valence-electron chi connectivity index (χ2n) is 4.71. The number of rotatable bonds is 2. The number of nitrogens with zero attached hydrogens (tertiary/aromatic N) is 2. The van der Waals surface area contributed by atoms with Gasteiger partial charge in [0.1, 0.15) is 0 Å². The summed E-state index contributed by atoms with van der Waals surface area (Å²) < 4.78 is 28.2. The van der Waals surface area contributed by atoms with Crippen LogP contribution in [0.3, 0.4) is 0 Å². The van der Waals surface area contributed by atoms with E-state index in [-0.39, 0.29) is 4.90 Å². The molecule has 0 atom stereocenters. The smallest absolute Gasteiger partial charge is 0.236 e. The molecule has 22 heavy (non-hydrogen) atoms. The van der Waals surface area contributed by atoms with E-state index in [1.165, 1.54) is 10.2 Å². The van der Waals surface area contributed by atoms with Crippen molar-refractivity contribution >= 4 is 71.2 Å². The molecule has 4 nitrogen and oxygen atoms in total. The van der Waals surface area contributed by atoms with E-state index in [0.29, 0.717) is 24.2 Å². The number of hydrogen-bond acceptors (Lipinski definition) is 3. The summed E-state index contributed by atoms with van der Waals surface area (Å²) in [4.78, 5) is 4.41. The van der Waals surface area contributed by atoms with Crippen LogP contribution in [0.15, 0.2) is 45.9 Å². The highest BCUT2D eigenvalue weighted by atomic mass is 127. The summed E-state index contributed by atoms with van der Waals surface area (Å²) in [5.41, 5.74) is 1.35. The van der Waals surface area contributed by atoms with E-state index >= 15 is 0 Å². The van der Waals surface area contributed by atoms with Crippen LogP contribution < -0.4 is 0 Å². The molecule has 3 rings (SSSR count). The van der Waals surface area contributed by atoms with Crippen molar-refractivity contribution in [2.24, 2.45) is 0 Å². The van der Waals surface area contributed by atoms with Gasteiger partial charge in [0.15, 0.2) is 5.65 Å². The molecule has 0 unspecified atom stereocenters. The van der Waals surface area contributed by atoms with Crippen molar-refractivity contribution in [2.45, 2.75) is 11.8 Å². The molecule has 0 saturated carbocycles. The summed E-state index contributed by atoms with van der Waals surface area (Å²) in [7, 11) is -3.72. The van der Waals surface area contributed by atoms with Crippen LogP contribution in [0.1, 0.15) is 5.56 Å². The molecule has 1 aromatic carbocycles. The lowest BCUT2D eigenvalue weighted by molar-refractivity contribution is 0.588. The summed E-state index contributed by atoms with van der Waals surface area (Å²) in [6.07, 6.45) is 1.44. The van der Waals surface area contributed by atoms with Gasteiger partial charge in [0.05, 0.1) is 13.6 Å². The Morgan fingerprint density at radius 1 is 1.27 bits per heavy atom. The third kappa shape index (κ3) is 2.57. The van der Waals surface area contributed by atoms with Crippen LogP contribution in [0.5, 0.6) is 0 Å². The molecule has 0 spiro atoms.